The number of aromatic nitrogens is 1. The first kappa shape index (κ1) is 18.9. The predicted molar refractivity (Wildman–Crippen MR) is 91.2 cm³/mol. The molecule has 128 valence electrons. The van der Waals surface area contributed by atoms with Gasteiger partial charge in [0.05, 0.1) is 18.8 Å². The fourth-order valence-corrected chi connectivity index (χ4v) is 1.67. The first-order chi connectivity index (χ1) is 11.1. The van der Waals surface area contributed by atoms with Crippen molar-refractivity contribution in [1.82, 2.24) is 20.5 Å². The van der Waals surface area contributed by atoms with Crippen LogP contribution in [-0.2, 0) is 16.1 Å². The van der Waals surface area contributed by atoms with Crippen LogP contribution in [0, 0.1) is 0 Å². The minimum atomic E-state index is -0.00773. The zero-order valence-electron chi connectivity index (χ0n) is 14.2. The lowest BCUT2D eigenvalue weighted by Crippen LogP contribution is -2.43. The Morgan fingerprint density at radius 3 is 2.83 bits per heavy atom. The fraction of sp³-hybridized carbons (Fsp3) is 0.562. The van der Waals surface area contributed by atoms with Gasteiger partial charge in [-0.1, -0.05) is 6.07 Å². The largest absolute Gasteiger partial charge is 0.382 e. The minimum absolute atomic E-state index is 0.00773. The highest BCUT2D eigenvalue weighted by Gasteiger charge is 2.05. The highest BCUT2D eigenvalue weighted by Crippen LogP contribution is 1.95. The molecule has 1 aromatic heterocycles. The van der Waals surface area contributed by atoms with E-state index in [4.69, 9.17) is 4.74 Å². The van der Waals surface area contributed by atoms with E-state index < -0.39 is 0 Å². The maximum atomic E-state index is 11.7. The summed E-state index contributed by atoms with van der Waals surface area (Å²) in [7, 11) is 3.45. The molecule has 0 fully saturated rings. The number of rotatable bonds is 9. The first-order valence-electron chi connectivity index (χ1n) is 7.83. The van der Waals surface area contributed by atoms with Gasteiger partial charge in [0.2, 0.25) is 5.91 Å². The van der Waals surface area contributed by atoms with Crippen LogP contribution in [0.3, 0.4) is 0 Å². The predicted octanol–water partition coefficient (Wildman–Crippen LogP) is 0.632. The summed E-state index contributed by atoms with van der Waals surface area (Å²) in [5.41, 5.74) is 0.877. The van der Waals surface area contributed by atoms with Crippen molar-refractivity contribution in [1.29, 1.82) is 0 Å². The van der Waals surface area contributed by atoms with E-state index >= 15 is 0 Å². The quantitative estimate of drug-likeness (QED) is 0.396. The van der Waals surface area contributed by atoms with Crippen LogP contribution in [0.4, 0.5) is 0 Å². The van der Waals surface area contributed by atoms with E-state index in [1.807, 2.05) is 25.1 Å². The number of hydrogen-bond donors (Lipinski definition) is 2. The Bertz CT molecular complexity index is 477. The third-order valence-corrected chi connectivity index (χ3v) is 2.99. The summed E-state index contributed by atoms with van der Waals surface area (Å²) in [6.45, 7) is 4.78. The summed E-state index contributed by atoms with van der Waals surface area (Å²) >= 11 is 0. The van der Waals surface area contributed by atoms with Crippen LogP contribution < -0.4 is 10.6 Å². The van der Waals surface area contributed by atoms with Crippen molar-refractivity contribution in [3.05, 3.63) is 30.1 Å². The standard InChI is InChI=1S/C16H27N5O2/c1-4-23-11-7-10-18-16(20-13-15(22)21(2)3)19-12-14-8-5-6-9-17-14/h5-6,8-9H,4,7,10-13H2,1-3H3,(H2,18,19,20). The van der Waals surface area contributed by atoms with E-state index in [1.54, 1.807) is 25.2 Å². The molecule has 1 amide bonds. The van der Waals surface area contributed by atoms with Crippen LogP contribution in [0.25, 0.3) is 0 Å². The van der Waals surface area contributed by atoms with Crippen LogP contribution in [0.1, 0.15) is 19.0 Å². The zero-order chi connectivity index (χ0) is 16.9. The van der Waals surface area contributed by atoms with Gasteiger partial charge in [0.15, 0.2) is 5.96 Å². The second-order valence-corrected chi connectivity index (χ2v) is 5.10. The van der Waals surface area contributed by atoms with Crippen LogP contribution in [0.2, 0.25) is 0 Å². The van der Waals surface area contributed by atoms with Gasteiger partial charge >= 0.3 is 0 Å². The smallest absolute Gasteiger partial charge is 0.241 e. The van der Waals surface area contributed by atoms with Crippen molar-refractivity contribution in [2.24, 2.45) is 4.99 Å². The lowest BCUT2D eigenvalue weighted by molar-refractivity contribution is -0.127. The SMILES string of the molecule is CCOCCCNC(=NCc1ccccn1)NCC(=O)N(C)C. The van der Waals surface area contributed by atoms with E-state index in [1.165, 1.54) is 0 Å². The van der Waals surface area contributed by atoms with Gasteiger partial charge in [0.25, 0.3) is 0 Å². The van der Waals surface area contributed by atoms with Gasteiger partial charge < -0.3 is 20.3 Å². The maximum Gasteiger partial charge on any atom is 0.241 e. The molecule has 0 aliphatic carbocycles. The molecule has 0 bridgehead atoms. The molecule has 0 saturated heterocycles. The first-order valence-corrected chi connectivity index (χ1v) is 7.83. The summed E-state index contributed by atoms with van der Waals surface area (Å²) in [4.78, 5) is 21.9. The molecule has 0 saturated carbocycles. The second kappa shape index (κ2) is 11.4. The summed E-state index contributed by atoms with van der Waals surface area (Å²) < 4.78 is 5.30. The molecule has 23 heavy (non-hydrogen) atoms. The highest BCUT2D eigenvalue weighted by atomic mass is 16.5. The molecule has 0 aliphatic heterocycles. The molecular formula is C16H27N5O2. The number of guanidine groups is 1. The lowest BCUT2D eigenvalue weighted by atomic mass is 10.3. The summed E-state index contributed by atoms with van der Waals surface area (Å²) in [6, 6.07) is 5.71. The molecule has 1 rings (SSSR count). The van der Waals surface area contributed by atoms with E-state index in [9.17, 15) is 4.79 Å². The third kappa shape index (κ3) is 8.77. The van der Waals surface area contributed by atoms with E-state index in [-0.39, 0.29) is 12.5 Å². The number of nitrogens with zero attached hydrogens (tertiary/aromatic N) is 3. The Morgan fingerprint density at radius 1 is 1.35 bits per heavy atom. The van der Waals surface area contributed by atoms with Gasteiger partial charge in [-0.05, 0) is 25.5 Å². The molecule has 0 atom stereocenters. The maximum absolute atomic E-state index is 11.7. The van der Waals surface area contributed by atoms with Crippen LogP contribution in [0.5, 0.6) is 0 Å². The van der Waals surface area contributed by atoms with Crippen molar-refractivity contribution in [3.8, 4) is 0 Å². The van der Waals surface area contributed by atoms with Gasteiger partial charge in [-0.15, -0.1) is 0 Å². The summed E-state index contributed by atoms with van der Waals surface area (Å²) in [5, 5.41) is 6.24. The van der Waals surface area contributed by atoms with Crippen LogP contribution in [0.15, 0.2) is 29.4 Å². The number of likely N-dealkylation sites (N-methyl/N-ethyl adjacent to an activating group) is 1. The number of nitrogens with one attached hydrogen (secondary N) is 2. The molecule has 7 heteroatoms. The molecule has 0 unspecified atom stereocenters. The van der Waals surface area contributed by atoms with Crippen molar-refractivity contribution < 1.29 is 9.53 Å². The zero-order valence-corrected chi connectivity index (χ0v) is 14.2. The normalized spacial score (nSPS) is 11.2. The monoisotopic (exact) mass is 321 g/mol. The number of pyridine rings is 1. The number of aliphatic imine (C=N–C) groups is 1. The highest BCUT2D eigenvalue weighted by molar-refractivity contribution is 5.86. The van der Waals surface area contributed by atoms with Crippen LogP contribution >= 0.6 is 0 Å². The van der Waals surface area contributed by atoms with Gasteiger partial charge in [0.1, 0.15) is 0 Å². The van der Waals surface area contributed by atoms with E-state index in [0.717, 1.165) is 25.3 Å². The fourth-order valence-electron chi connectivity index (χ4n) is 1.67. The molecule has 1 heterocycles. The molecule has 2 N–H and O–H groups in total. The Labute approximate surface area is 138 Å². The Morgan fingerprint density at radius 2 is 2.17 bits per heavy atom. The van der Waals surface area contributed by atoms with Crippen molar-refractivity contribution in [2.45, 2.75) is 19.9 Å². The molecule has 0 spiro atoms. The number of carbonyl (C=O) groups is 1. The molecule has 0 aromatic carbocycles. The average Bonchev–Trinajstić information content (AvgIpc) is 2.56. The Hall–Kier alpha value is -2.15. The average molecular weight is 321 g/mol. The number of carbonyl (C=O) groups excluding carboxylic acids is 1. The minimum Gasteiger partial charge on any atom is -0.382 e. The third-order valence-electron chi connectivity index (χ3n) is 2.99. The van der Waals surface area contributed by atoms with Gasteiger partial charge in [-0.25, -0.2) is 4.99 Å². The Kier molecular flexibility index (Phi) is 9.38. The van der Waals surface area contributed by atoms with Gasteiger partial charge in [-0.3, -0.25) is 9.78 Å². The van der Waals surface area contributed by atoms with Crippen molar-refractivity contribution in [3.63, 3.8) is 0 Å². The van der Waals surface area contributed by atoms with E-state index in [2.05, 4.69) is 20.6 Å². The van der Waals surface area contributed by atoms with Gasteiger partial charge in [0, 0.05) is 40.1 Å². The molecule has 0 radical (unpaired) electrons. The van der Waals surface area contributed by atoms with E-state index in [0.29, 0.717) is 19.1 Å². The van der Waals surface area contributed by atoms with Crippen molar-refractivity contribution in [2.75, 3.05) is 40.4 Å². The molecule has 7 nitrogen and oxygen atoms in total. The molecular weight excluding hydrogens is 294 g/mol. The Balaban J connectivity index is 2.50. The van der Waals surface area contributed by atoms with Crippen molar-refractivity contribution >= 4 is 11.9 Å². The van der Waals surface area contributed by atoms with Crippen LogP contribution in [-0.4, -0.2) is 62.1 Å². The van der Waals surface area contributed by atoms with Gasteiger partial charge in [-0.2, -0.15) is 0 Å². The number of ether oxygens (including phenoxy) is 1. The number of amides is 1. The summed E-state index contributed by atoms with van der Waals surface area (Å²) in [6.07, 6.45) is 2.61. The number of hydrogen-bond acceptors (Lipinski definition) is 4. The molecule has 1 aromatic rings. The topological polar surface area (TPSA) is 78.8 Å². The molecule has 0 aliphatic rings. The lowest BCUT2D eigenvalue weighted by Gasteiger charge is -2.15. The second-order valence-electron chi connectivity index (χ2n) is 5.10. The summed E-state index contributed by atoms with van der Waals surface area (Å²) in [5.74, 6) is 0.592.